The maximum atomic E-state index is 12.3. The summed E-state index contributed by atoms with van der Waals surface area (Å²) >= 11 is 0. The van der Waals surface area contributed by atoms with Crippen molar-refractivity contribution in [2.24, 2.45) is 0 Å². The summed E-state index contributed by atoms with van der Waals surface area (Å²) in [6.07, 6.45) is 3.69. The van der Waals surface area contributed by atoms with Gasteiger partial charge in [0.1, 0.15) is 12.6 Å². The lowest BCUT2D eigenvalue weighted by Crippen LogP contribution is -2.40. The van der Waals surface area contributed by atoms with Crippen molar-refractivity contribution in [2.45, 2.75) is 32.9 Å². The van der Waals surface area contributed by atoms with E-state index >= 15 is 0 Å². The van der Waals surface area contributed by atoms with E-state index in [-0.39, 0.29) is 0 Å². The van der Waals surface area contributed by atoms with Crippen molar-refractivity contribution < 1.29 is 24.2 Å². The van der Waals surface area contributed by atoms with Crippen LogP contribution >= 0.6 is 0 Å². The first-order valence-electron chi connectivity index (χ1n) is 8.37. The number of nitrogens with zero attached hydrogens (tertiary/aromatic N) is 1. The molecule has 1 amide bonds. The van der Waals surface area contributed by atoms with Gasteiger partial charge in [-0.15, -0.1) is 0 Å². The van der Waals surface area contributed by atoms with E-state index in [9.17, 15) is 9.59 Å². The third kappa shape index (κ3) is 5.20. The molecule has 0 aliphatic rings. The minimum Gasteiger partial charge on any atom is -0.490 e. The second-order valence-corrected chi connectivity index (χ2v) is 5.52. The molecule has 0 fully saturated rings. The zero-order valence-electron chi connectivity index (χ0n) is 14.8. The van der Waals surface area contributed by atoms with Gasteiger partial charge in [0.15, 0.2) is 11.5 Å². The number of pyridine rings is 1. The van der Waals surface area contributed by atoms with Gasteiger partial charge in [0.05, 0.1) is 6.61 Å². The molecule has 1 atom stereocenters. The molecule has 0 saturated heterocycles. The summed E-state index contributed by atoms with van der Waals surface area (Å²) in [5.74, 6) is -0.619. The van der Waals surface area contributed by atoms with Gasteiger partial charge in [-0.05, 0) is 37.6 Å². The summed E-state index contributed by atoms with van der Waals surface area (Å²) in [6.45, 7) is 4.24. The van der Waals surface area contributed by atoms with Crippen LogP contribution in [0.25, 0.3) is 0 Å². The molecule has 7 heteroatoms. The van der Waals surface area contributed by atoms with E-state index in [2.05, 4.69) is 10.3 Å². The minimum absolute atomic E-state index is 0.297. The Labute approximate surface area is 152 Å². The Balaban J connectivity index is 2.14. The van der Waals surface area contributed by atoms with Gasteiger partial charge in [-0.25, -0.2) is 4.79 Å². The first kappa shape index (κ1) is 19.2. The zero-order chi connectivity index (χ0) is 18.9. The third-order valence-corrected chi connectivity index (χ3v) is 3.63. The minimum atomic E-state index is -1.07. The van der Waals surface area contributed by atoms with Gasteiger partial charge in [-0.2, -0.15) is 0 Å². The second kappa shape index (κ2) is 9.41. The largest absolute Gasteiger partial charge is 0.490 e. The molecule has 1 aromatic carbocycles. The van der Waals surface area contributed by atoms with Crippen LogP contribution in [-0.4, -0.2) is 34.6 Å². The molecule has 0 aliphatic heterocycles. The predicted molar refractivity (Wildman–Crippen MR) is 95.4 cm³/mol. The Morgan fingerprint density at radius 3 is 2.62 bits per heavy atom. The molecule has 26 heavy (non-hydrogen) atoms. The van der Waals surface area contributed by atoms with Crippen molar-refractivity contribution >= 4 is 11.9 Å². The summed E-state index contributed by atoms with van der Waals surface area (Å²) in [6, 6.07) is 7.54. The lowest BCUT2D eigenvalue weighted by Gasteiger charge is -2.15. The number of carbonyl (C=O) groups excluding carboxylic acids is 1. The molecule has 0 aliphatic carbocycles. The SMILES string of the molecule is CCOc1cc(C(=O)NC(CC)C(=O)O)ccc1OCc1cccnc1. The van der Waals surface area contributed by atoms with Crippen molar-refractivity contribution in [1.29, 1.82) is 0 Å². The molecule has 2 aromatic rings. The number of carboxylic acids is 1. The number of carbonyl (C=O) groups is 2. The molecule has 138 valence electrons. The molecule has 1 aromatic heterocycles. The fourth-order valence-corrected chi connectivity index (χ4v) is 2.26. The van der Waals surface area contributed by atoms with E-state index in [1.165, 1.54) is 0 Å². The topological polar surface area (TPSA) is 97.8 Å². The number of rotatable bonds is 9. The zero-order valence-corrected chi connectivity index (χ0v) is 14.8. The highest BCUT2D eigenvalue weighted by Crippen LogP contribution is 2.29. The quantitative estimate of drug-likeness (QED) is 0.715. The number of amides is 1. The molecule has 0 bridgehead atoms. The van der Waals surface area contributed by atoms with Gasteiger partial charge in [0.2, 0.25) is 0 Å². The molecular formula is C19H22N2O5. The highest BCUT2D eigenvalue weighted by atomic mass is 16.5. The smallest absolute Gasteiger partial charge is 0.326 e. The van der Waals surface area contributed by atoms with Gasteiger partial charge in [0, 0.05) is 23.5 Å². The van der Waals surface area contributed by atoms with Crippen LogP contribution in [0.1, 0.15) is 36.2 Å². The van der Waals surface area contributed by atoms with Crippen molar-refractivity contribution in [3.05, 3.63) is 53.9 Å². The van der Waals surface area contributed by atoms with Crippen LogP contribution in [0.15, 0.2) is 42.7 Å². The van der Waals surface area contributed by atoms with Crippen molar-refractivity contribution in [2.75, 3.05) is 6.61 Å². The Morgan fingerprint density at radius 2 is 2.00 bits per heavy atom. The number of nitrogens with one attached hydrogen (secondary N) is 1. The molecule has 0 radical (unpaired) electrons. The van der Waals surface area contributed by atoms with Gasteiger partial charge < -0.3 is 19.9 Å². The average molecular weight is 358 g/mol. The lowest BCUT2D eigenvalue weighted by atomic mass is 10.1. The van der Waals surface area contributed by atoms with Crippen LogP contribution < -0.4 is 14.8 Å². The monoisotopic (exact) mass is 358 g/mol. The Kier molecular flexibility index (Phi) is 6.96. The van der Waals surface area contributed by atoms with E-state index in [1.54, 1.807) is 37.5 Å². The van der Waals surface area contributed by atoms with E-state index in [0.717, 1.165) is 5.56 Å². The number of hydrogen-bond acceptors (Lipinski definition) is 5. The number of ether oxygens (including phenoxy) is 2. The maximum Gasteiger partial charge on any atom is 0.326 e. The van der Waals surface area contributed by atoms with Gasteiger partial charge >= 0.3 is 5.97 Å². The molecule has 7 nitrogen and oxygen atoms in total. The summed E-state index contributed by atoms with van der Waals surface area (Å²) in [5, 5.41) is 11.6. The van der Waals surface area contributed by atoms with Crippen molar-refractivity contribution in [3.63, 3.8) is 0 Å². The van der Waals surface area contributed by atoms with Crippen LogP contribution in [0.3, 0.4) is 0 Å². The maximum absolute atomic E-state index is 12.3. The van der Waals surface area contributed by atoms with E-state index in [1.807, 2.05) is 19.1 Å². The van der Waals surface area contributed by atoms with Crippen LogP contribution in [-0.2, 0) is 11.4 Å². The Bertz CT molecular complexity index is 749. The lowest BCUT2D eigenvalue weighted by molar-refractivity contribution is -0.139. The molecule has 2 N–H and O–H groups in total. The summed E-state index contributed by atoms with van der Waals surface area (Å²) < 4.78 is 11.3. The highest BCUT2D eigenvalue weighted by Gasteiger charge is 2.19. The Morgan fingerprint density at radius 1 is 1.19 bits per heavy atom. The molecule has 2 rings (SSSR count). The summed E-state index contributed by atoms with van der Waals surface area (Å²) in [4.78, 5) is 27.4. The van der Waals surface area contributed by atoms with Crippen LogP contribution in [0.2, 0.25) is 0 Å². The summed E-state index contributed by atoms with van der Waals surface area (Å²) in [7, 11) is 0. The van der Waals surface area contributed by atoms with Gasteiger partial charge in [0.25, 0.3) is 5.91 Å². The Hall–Kier alpha value is -3.09. The number of carboxylic acid groups (broad SMARTS) is 1. The first-order valence-corrected chi connectivity index (χ1v) is 8.37. The third-order valence-electron chi connectivity index (χ3n) is 3.63. The number of aromatic nitrogens is 1. The van der Waals surface area contributed by atoms with Gasteiger partial charge in [-0.3, -0.25) is 9.78 Å². The van der Waals surface area contributed by atoms with Crippen molar-refractivity contribution in [3.8, 4) is 11.5 Å². The fraction of sp³-hybridized carbons (Fsp3) is 0.316. The predicted octanol–water partition coefficient (Wildman–Crippen LogP) is 2.65. The van der Waals surface area contributed by atoms with Crippen molar-refractivity contribution in [1.82, 2.24) is 10.3 Å². The number of aliphatic carboxylic acids is 1. The number of hydrogen-bond donors (Lipinski definition) is 2. The van der Waals surface area contributed by atoms with Gasteiger partial charge in [-0.1, -0.05) is 13.0 Å². The molecule has 0 spiro atoms. The molecule has 0 saturated carbocycles. The van der Waals surface area contributed by atoms with E-state index < -0.39 is 17.9 Å². The normalized spacial score (nSPS) is 11.5. The van der Waals surface area contributed by atoms with Crippen LogP contribution in [0.4, 0.5) is 0 Å². The standard InChI is InChI=1S/C19H22N2O5/c1-3-15(19(23)24)21-18(22)14-7-8-16(17(10-14)25-4-2)26-12-13-6-5-9-20-11-13/h5-11,15H,3-4,12H2,1-2H3,(H,21,22)(H,23,24). The fourth-order valence-electron chi connectivity index (χ4n) is 2.26. The molecule has 1 heterocycles. The number of benzene rings is 1. The van der Waals surface area contributed by atoms with E-state index in [4.69, 9.17) is 14.6 Å². The van der Waals surface area contributed by atoms with E-state index in [0.29, 0.717) is 36.7 Å². The second-order valence-electron chi connectivity index (χ2n) is 5.52. The molecular weight excluding hydrogens is 336 g/mol. The van der Waals surface area contributed by atoms with Crippen LogP contribution in [0, 0.1) is 0 Å². The molecule has 1 unspecified atom stereocenters. The first-order chi connectivity index (χ1) is 12.5. The summed E-state index contributed by atoms with van der Waals surface area (Å²) in [5.41, 5.74) is 1.21. The average Bonchev–Trinajstić information content (AvgIpc) is 2.65. The highest BCUT2D eigenvalue weighted by molar-refractivity contribution is 5.97. The van der Waals surface area contributed by atoms with Crippen LogP contribution in [0.5, 0.6) is 11.5 Å².